The monoisotopic (exact) mass is 371 g/mol. The molecule has 1 aromatic carbocycles. The molecule has 2 heterocycles. The lowest BCUT2D eigenvalue weighted by Crippen LogP contribution is -2.40. The quantitative estimate of drug-likeness (QED) is 0.776. The van der Waals surface area contributed by atoms with E-state index in [0.717, 1.165) is 18.4 Å². The van der Waals surface area contributed by atoms with Crippen molar-refractivity contribution in [3.05, 3.63) is 41.6 Å². The van der Waals surface area contributed by atoms with Gasteiger partial charge in [-0.25, -0.2) is 0 Å². The van der Waals surface area contributed by atoms with E-state index in [4.69, 9.17) is 14.0 Å². The van der Waals surface area contributed by atoms with E-state index in [1.54, 1.807) is 7.11 Å². The summed E-state index contributed by atoms with van der Waals surface area (Å²) < 4.78 is 16.3. The van der Waals surface area contributed by atoms with E-state index in [1.165, 1.54) is 0 Å². The van der Waals surface area contributed by atoms with E-state index in [1.807, 2.05) is 49.1 Å². The van der Waals surface area contributed by atoms with Crippen molar-refractivity contribution in [2.24, 2.45) is 0 Å². The number of hydrogen-bond donors (Lipinski definition) is 0. The van der Waals surface area contributed by atoms with Crippen LogP contribution >= 0.6 is 0 Å². The standard InChI is InChI=1S/C20H25N3O4/c1-4-5-15-6-7-17(18(12-15)25-3)26-13-19(24)23-10-8-16(9-11-23)20-21-14(2)22-27-20/h4-7,12,16H,8-11,13H2,1-3H3/b5-4-. The summed E-state index contributed by atoms with van der Waals surface area (Å²) in [6.07, 6.45) is 5.56. The van der Waals surface area contributed by atoms with Crippen LogP contribution in [0.25, 0.3) is 6.08 Å². The van der Waals surface area contributed by atoms with Gasteiger partial charge in [-0.1, -0.05) is 23.4 Å². The lowest BCUT2D eigenvalue weighted by molar-refractivity contribution is -0.134. The molecule has 0 radical (unpaired) electrons. The Labute approximate surface area is 159 Å². The first-order valence-corrected chi connectivity index (χ1v) is 9.12. The number of aromatic nitrogens is 2. The fourth-order valence-corrected chi connectivity index (χ4v) is 3.19. The van der Waals surface area contributed by atoms with Crippen LogP contribution in [0.2, 0.25) is 0 Å². The second-order valence-corrected chi connectivity index (χ2v) is 6.53. The zero-order valence-corrected chi connectivity index (χ0v) is 16.0. The van der Waals surface area contributed by atoms with Gasteiger partial charge in [-0.3, -0.25) is 4.79 Å². The van der Waals surface area contributed by atoms with Gasteiger partial charge in [-0.2, -0.15) is 4.98 Å². The SMILES string of the molecule is C/C=C\c1ccc(OCC(=O)N2CCC(c3nc(C)no3)CC2)c(OC)c1. The number of likely N-dealkylation sites (tertiary alicyclic amines) is 1. The molecule has 0 N–H and O–H groups in total. The number of hydrogen-bond acceptors (Lipinski definition) is 6. The molecule has 1 amide bonds. The first-order valence-electron chi connectivity index (χ1n) is 9.12. The van der Waals surface area contributed by atoms with E-state index in [0.29, 0.717) is 36.3 Å². The largest absolute Gasteiger partial charge is 0.493 e. The molecular weight excluding hydrogens is 346 g/mol. The molecule has 3 rings (SSSR count). The van der Waals surface area contributed by atoms with Gasteiger partial charge in [0.05, 0.1) is 7.11 Å². The Bertz CT molecular complexity index is 807. The lowest BCUT2D eigenvalue weighted by atomic mass is 9.97. The molecule has 1 aromatic heterocycles. The van der Waals surface area contributed by atoms with Gasteiger partial charge in [0.2, 0.25) is 5.89 Å². The van der Waals surface area contributed by atoms with Gasteiger partial charge in [-0.15, -0.1) is 0 Å². The summed E-state index contributed by atoms with van der Waals surface area (Å²) in [5.74, 6) is 2.68. The number of amides is 1. The molecule has 1 fully saturated rings. The maximum atomic E-state index is 12.5. The third-order valence-corrected chi connectivity index (χ3v) is 4.64. The minimum atomic E-state index is -0.0326. The first-order chi connectivity index (χ1) is 13.1. The summed E-state index contributed by atoms with van der Waals surface area (Å²) in [6, 6.07) is 5.64. The molecule has 1 aliphatic rings. The Morgan fingerprint density at radius 3 is 2.74 bits per heavy atom. The van der Waals surface area contributed by atoms with Crippen molar-refractivity contribution in [1.29, 1.82) is 0 Å². The van der Waals surface area contributed by atoms with Crippen molar-refractivity contribution in [1.82, 2.24) is 15.0 Å². The number of methoxy groups -OCH3 is 1. The summed E-state index contributed by atoms with van der Waals surface area (Å²) >= 11 is 0. The van der Waals surface area contributed by atoms with Crippen LogP contribution in [0, 0.1) is 6.92 Å². The molecule has 7 heteroatoms. The smallest absolute Gasteiger partial charge is 0.260 e. The Hall–Kier alpha value is -2.83. The summed E-state index contributed by atoms with van der Waals surface area (Å²) in [5, 5.41) is 3.84. The molecule has 27 heavy (non-hydrogen) atoms. The van der Waals surface area contributed by atoms with Gasteiger partial charge in [0, 0.05) is 19.0 Å². The number of carbonyl (C=O) groups is 1. The van der Waals surface area contributed by atoms with Crippen LogP contribution in [-0.2, 0) is 4.79 Å². The summed E-state index contributed by atoms with van der Waals surface area (Å²) in [5.41, 5.74) is 1.02. The number of piperidine rings is 1. The highest BCUT2D eigenvalue weighted by Crippen LogP contribution is 2.29. The molecule has 0 saturated carbocycles. The molecule has 0 bridgehead atoms. The Balaban J connectivity index is 1.53. The van der Waals surface area contributed by atoms with E-state index >= 15 is 0 Å². The maximum Gasteiger partial charge on any atom is 0.260 e. The maximum absolute atomic E-state index is 12.5. The fraction of sp³-hybridized carbons (Fsp3) is 0.450. The Morgan fingerprint density at radius 1 is 1.33 bits per heavy atom. The van der Waals surface area contributed by atoms with Crippen LogP contribution in [-0.4, -0.2) is 47.8 Å². The van der Waals surface area contributed by atoms with E-state index in [-0.39, 0.29) is 18.4 Å². The highest BCUT2D eigenvalue weighted by atomic mass is 16.5. The normalized spacial score (nSPS) is 15.3. The van der Waals surface area contributed by atoms with E-state index in [2.05, 4.69) is 10.1 Å². The van der Waals surface area contributed by atoms with E-state index in [9.17, 15) is 4.79 Å². The minimum absolute atomic E-state index is 0.0103. The Morgan fingerprint density at radius 2 is 2.11 bits per heavy atom. The van der Waals surface area contributed by atoms with Crippen LogP contribution in [0.15, 0.2) is 28.8 Å². The van der Waals surface area contributed by atoms with Crippen molar-refractivity contribution in [2.45, 2.75) is 32.6 Å². The zero-order chi connectivity index (χ0) is 19.2. The lowest BCUT2D eigenvalue weighted by Gasteiger charge is -2.30. The number of rotatable bonds is 6. The number of allylic oxidation sites excluding steroid dienone is 1. The number of carbonyl (C=O) groups excluding carboxylic acids is 1. The summed E-state index contributed by atoms with van der Waals surface area (Å²) in [7, 11) is 1.59. The van der Waals surface area contributed by atoms with Crippen molar-refractivity contribution in [3.63, 3.8) is 0 Å². The molecule has 0 unspecified atom stereocenters. The van der Waals surface area contributed by atoms with Gasteiger partial charge in [0.15, 0.2) is 23.9 Å². The van der Waals surface area contributed by atoms with Crippen LogP contribution in [0.4, 0.5) is 0 Å². The van der Waals surface area contributed by atoms with Gasteiger partial charge in [-0.05, 0) is 44.4 Å². The molecule has 1 aliphatic heterocycles. The van der Waals surface area contributed by atoms with Gasteiger partial charge < -0.3 is 18.9 Å². The minimum Gasteiger partial charge on any atom is -0.493 e. The molecule has 1 saturated heterocycles. The molecule has 2 aromatic rings. The predicted molar refractivity (Wildman–Crippen MR) is 101 cm³/mol. The first kappa shape index (κ1) is 18.9. The average Bonchev–Trinajstić information content (AvgIpc) is 3.13. The third-order valence-electron chi connectivity index (χ3n) is 4.64. The van der Waals surface area contributed by atoms with Gasteiger partial charge in [0.25, 0.3) is 5.91 Å². The second-order valence-electron chi connectivity index (χ2n) is 6.53. The summed E-state index contributed by atoms with van der Waals surface area (Å²) in [4.78, 5) is 18.6. The molecule has 144 valence electrons. The highest BCUT2D eigenvalue weighted by molar-refractivity contribution is 5.78. The third kappa shape index (κ3) is 4.67. The van der Waals surface area contributed by atoms with Crippen LogP contribution in [0.5, 0.6) is 11.5 Å². The van der Waals surface area contributed by atoms with Crippen LogP contribution in [0.3, 0.4) is 0 Å². The Kier molecular flexibility index (Phi) is 6.11. The highest BCUT2D eigenvalue weighted by Gasteiger charge is 2.27. The van der Waals surface area contributed by atoms with Gasteiger partial charge in [0.1, 0.15) is 0 Å². The van der Waals surface area contributed by atoms with E-state index < -0.39 is 0 Å². The number of ether oxygens (including phenoxy) is 2. The van der Waals surface area contributed by atoms with Gasteiger partial charge >= 0.3 is 0 Å². The fourth-order valence-electron chi connectivity index (χ4n) is 3.19. The molecular formula is C20H25N3O4. The second kappa shape index (κ2) is 8.70. The summed E-state index contributed by atoms with van der Waals surface area (Å²) in [6.45, 7) is 5.07. The number of nitrogens with zero attached hydrogens (tertiary/aromatic N) is 3. The zero-order valence-electron chi connectivity index (χ0n) is 16.0. The van der Waals surface area contributed by atoms with Crippen molar-refractivity contribution in [3.8, 4) is 11.5 Å². The van der Waals surface area contributed by atoms with Crippen LogP contribution < -0.4 is 9.47 Å². The van der Waals surface area contributed by atoms with Crippen LogP contribution in [0.1, 0.15) is 43.0 Å². The number of benzene rings is 1. The average molecular weight is 371 g/mol. The molecule has 7 nitrogen and oxygen atoms in total. The topological polar surface area (TPSA) is 77.7 Å². The van der Waals surface area contributed by atoms with Crippen molar-refractivity contribution >= 4 is 12.0 Å². The van der Waals surface area contributed by atoms with Crippen molar-refractivity contribution < 1.29 is 18.8 Å². The van der Waals surface area contributed by atoms with Crippen molar-refractivity contribution in [2.75, 3.05) is 26.8 Å². The number of aryl methyl sites for hydroxylation is 1. The molecule has 0 aliphatic carbocycles. The predicted octanol–water partition coefficient (Wildman–Crippen LogP) is 3.20. The molecule has 0 atom stereocenters. The molecule has 0 spiro atoms.